The summed E-state index contributed by atoms with van der Waals surface area (Å²) in [6, 6.07) is 3.90. The second-order valence-corrected chi connectivity index (χ2v) is 5.65. The Labute approximate surface area is 123 Å². The van der Waals surface area contributed by atoms with Gasteiger partial charge < -0.3 is 10.4 Å². The van der Waals surface area contributed by atoms with Crippen LogP contribution in [0.1, 0.15) is 48.0 Å². The number of carboxylic acids is 1. The number of hydrogen-bond donors (Lipinski definition) is 2. The minimum Gasteiger partial charge on any atom is -0.481 e. The third-order valence-electron chi connectivity index (χ3n) is 4.02. The van der Waals surface area contributed by atoms with Crippen molar-refractivity contribution in [2.45, 2.75) is 45.1 Å². The molecule has 0 radical (unpaired) electrons. The molecule has 2 N–H and O–H groups in total. The van der Waals surface area contributed by atoms with Crippen LogP contribution < -0.4 is 5.32 Å². The van der Waals surface area contributed by atoms with Gasteiger partial charge in [-0.15, -0.1) is 0 Å². The summed E-state index contributed by atoms with van der Waals surface area (Å²) in [7, 11) is 0. The Hall–Kier alpha value is -1.91. The highest BCUT2D eigenvalue weighted by atomic mass is 19.1. The van der Waals surface area contributed by atoms with Crippen LogP contribution in [0, 0.1) is 18.7 Å². The zero-order valence-electron chi connectivity index (χ0n) is 12.1. The van der Waals surface area contributed by atoms with Gasteiger partial charge in [0.1, 0.15) is 5.82 Å². The molecule has 0 unspecified atom stereocenters. The molecule has 0 aliphatic heterocycles. The minimum atomic E-state index is -0.896. The smallest absolute Gasteiger partial charge is 0.308 e. The van der Waals surface area contributed by atoms with Gasteiger partial charge in [0.05, 0.1) is 11.5 Å². The molecule has 0 saturated heterocycles. The Morgan fingerprint density at radius 1 is 1.24 bits per heavy atom. The lowest BCUT2D eigenvalue weighted by atomic mass is 9.94. The predicted octanol–water partition coefficient (Wildman–Crippen LogP) is 2.90. The normalized spacial score (nSPS) is 22.4. The van der Waals surface area contributed by atoms with Gasteiger partial charge in [0, 0.05) is 6.04 Å². The number of nitrogens with one attached hydrogen (secondary N) is 1. The van der Waals surface area contributed by atoms with Gasteiger partial charge in [-0.25, -0.2) is 4.39 Å². The summed E-state index contributed by atoms with van der Waals surface area (Å²) in [5.41, 5.74) is 0.764. The lowest BCUT2D eigenvalue weighted by molar-refractivity contribution is -0.142. The lowest BCUT2D eigenvalue weighted by Crippen LogP contribution is -2.43. The van der Waals surface area contributed by atoms with E-state index in [9.17, 15) is 19.1 Å². The Bertz CT molecular complexity index is 544. The van der Waals surface area contributed by atoms with Crippen LogP contribution in [0.15, 0.2) is 18.2 Å². The quantitative estimate of drug-likeness (QED) is 0.842. The topological polar surface area (TPSA) is 66.4 Å². The van der Waals surface area contributed by atoms with Gasteiger partial charge in [0.2, 0.25) is 0 Å². The number of carboxylic acid groups (broad SMARTS) is 1. The van der Waals surface area contributed by atoms with Gasteiger partial charge in [-0.2, -0.15) is 0 Å². The Kier molecular flexibility index (Phi) is 4.94. The first-order valence-electron chi connectivity index (χ1n) is 7.29. The molecule has 4 nitrogen and oxygen atoms in total. The molecule has 2 rings (SSSR count). The van der Waals surface area contributed by atoms with Crippen LogP contribution in [0.25, 0.3) is 0 Å². The zero-order valence-corrected chi connectivity index (χ0v) is 12.1. The third-order valence-corrected chi connectivity index (χ3v) is 4.02. The highest BCUT2D eigenvalue weighted by Crippen LogP contribution is 2.24. The van der Waals surface area contributed by atoms with Gasteiger partial charge in [0.25, 0.3) is 5.91 Å². The first-order valence-corrected chi connectivity index (χ1v) is 7.29. The van der Waals surface area contributed by atoms with Crippen molar-refractivity contribution >= 4 is 11.9 Å². The summed E-state index contributed by atoms with van der Waals surface area (Å²) in [5, 5.41) is 12.0. The second kappa shape index (κ2) is 6.70. The predicted molar refractivity (Wildman–Crippen MR) is 76.6 cm³/mol. The van der Waals surface area contributed by atoms with Gasteiger partial charge in [-0.05, 0) is 31.9 Å². The van der Waals surface area contributed by atoms with E-state index in [-0.39, 0.29) is 5.56 Å². The summed E-state index contributed by atoms with van der Waals surface area (Å²) in [5.74, 6) is -2.61. The van der Waals surface area contributed by atoms with Crippen molar-refractivity contribution in [3.63, 3.8) is 0 Å². The molecular formula is C16H20FNO3. The molecule has 1 aliphatic rings. The SMILES string of the molecule is Cc1ccc(F)c(C(=O)N[C@H]2CCCCC[C@H]2C(=O)O)c1. The number of carbonyl (C=O) groups is 2. The van der Waals surface area contributed by atoms with E-state index >= 15 is 0 Å². The second-order valence-electron chi connectivity index (χ2n) is 5.65. The molecule has 5 heteroatoms. The van der Waals surface area contributed by atoms with E-state index in [4.69, 9.17) is 0 Å². The highest BCUT2D eigenvalue weighted by molar-refractivity contribution is 5.95. The number of halogens is 1. The minimum absolute atomic E-state index is 0.0246. The molecule has 1 aliphatic carbocycles. The molecule has 1 saturated carbocycles. The molecule has 1 aromatic rings. The fourth-order valence-electron chi connectivity index (χ4n) is 2.84. The van der Waals surface area contributed by atoms with Gasteiger partial charge >= 0.3 is 5.97 Å². The van der Waals surface area contributed by atoms with Crippen LogP contribution in [0.4, 0.5) is 4.39 Å². The van der Waals surface area contributed by atoms with Gasteiger partial charge in [0.15, 0.2) is 0 Å². The molecule has 0 spiro atoms. The molecule has 21 heavy (non-hydrogen) atoms. The Morgan fingerprint density at radius 2 is 1.95 bits per heavy atom. The fourth-order valence-corrected chi connectivity index (χ4v) is 2.84. The summed E-state index contributed by atoms with van der Waals surface area (Å²) >= 11 is 0. The number of aryl methyl sites for hydroxylation is 1. The standard InChI is InChI=1S/C16H20FNO3/c1-10-7-8-13(17)12(9-10)15(19)18-14-6-4-2-3-5-11(14)16(20)21/h7-9,11,14H,2-6H2,1H3,(H,18,19)(H,20,21)/t11-,14+/m1/s1. The van der Waals surface area contributed by atoms with Crippen molar-refractivity contribution in [2.75, 3.05) is 0 Å². The summed E-state index contributed by atoms with van der Waals surface area (Å²) < 4.78 is 13.7. The fraction of sp³-hybridized carbons (Fsp3) is 0.500. The van der Waals surface area contributed by atoms with E-state index in [2.05, 4.69) is 5.32 Å². The molecule has 1 fully saturated rings. The summed E-state index contributed by atoms with van der Waals surface area (Å²) in [6.07, 6.45) is 3.87. The molecule has 0 aromatic heterocycles. The van der Waals surface area contributed by atoms with E-state index in [1.807, 2.05) is 0 Å². The maximum atomic E-state index is 13.7. The van der Waals surface area contributed by atoms with Crippen LogP contribution in [0.3, 0.4) is 0 Å². The van der Waals surface area contributed by atoms with Crippen molar-refractivity contribution in [1.29, 1.82) is 0 Å². The molecule has 0 heterocycles. The maximum absolute atomic E-state index is 13.7. The largest absolute Gasteiger partial charge is 0.481 e. The number of aliphatic carboxylic acids is 1. The zero-order chi connectivity index (χ0) is 15.4. The number of benzene rings is 1. The van der Waals surface area contributed by atoms with Crippen LogP contribution in [-0.2, 0) is 4.79 Å². The molecule has 114 valence electrons. The highest BCUT2D eigenvalue weighted by Gasteiger charge is 2.31. The van der Waals surface area contributed by atoms with E-state index in [0.29, 0.717) is 12.8 Å². The molecule has 1 aromatic carbocycles. The number of hydrogen-bond acceptors (Lipinski definition) is 2. The molecule has 1 amide bonds. The van der Waals surface area contributed by atoms with E-state index in [1.165, 1.54) is 12.1 Å². The van der Waals surface area contributed by atoms with E-state index < -0.39 is 29.7 Å². The number of amides is 1. The van der Waals surface area contributed by atoms with Crippen LogP contribution in [0.2, 0.25) is 0 Å². The van der Waals surface area contributed by atoms with Crippen molar-refractivity contribution in [3.05, 3.63) is 35.1 Å². The maximum Gasteiger partial charge on any atom is 0.308 e. The molecule has 0 bridgehead atoms. The first-order chi connectivity index (χ1) is 9.99. The van der Waals surface area contributed by atoms with E-state index in [0.717, 1.165) is 24.8 Å². The summed E-state index contributed by atoms with van der Waals surface area (Å²) in [6.45, 7) is 1.78. The van der Waals surface area contributed by atoms with Gasteiger partial charge in [-0.3, -0.25) is 9.59 Å². The molecular weight excluding hydrogens is 273 g/mol. The van der Waals surface area contributed by atoms with Crippen LogP contribution >= 0.6 is 0 Å². The average molecular weight is 293 g/mol. The van der Waals surface area contributed by atoms with Crippen LogP contribution in [-0.4, -0.2) is 23.0 Å². The van der Waals surface area contributed by atoms with Crippen molar-refractivity contribution in [2.24, 2.45) is 5.92 Å². The number of carbonyl (C=O) groups excluding carboxylic acids is 1. The first kappa shape index (κ1) is 15.5. The average Bonchev–Trinajstić information content (AvgIpc) is 2.67. The Balaban J connectivity index is 2.16. The molecule has 2 atom stereocenters. The van der Waals surface area contributed by atoms with Crippen LogP contribution in [0.5, 0.6) is 0 Å². The van der Waals surface area contributed by atoms with Crippen molar-refractivity contribution < 1.29 is 19.1 Å². The monoisotopic (exact) mass is 293 g/mol. The lowest BCUT2D eigenvalue weighted by Gasteiger charge is -2.23. The summed E-state index contributed by atoms with van der Waals surface area (Å²) in [4.78, 5) is 23.6. The van der Waals surface area contributed by atoms with Crippen molar-refractivity contribution in [1.82, 2.24) is 5.32 Å². The third kappa shape index (κ3) is 3.80. The Morgan fingerprint density at radius 3 is 2.67 bits per heavy atom. The van der Waals surface area contributed by atoms with Crippen molar-refractivity contribution in [3.8, 4) is 0 Å². The number of rotatable bonds is 3. The van der Waals surface area contributed by atoms with E-state index in [1.54, 1.807) is 13.0 Å². The van der Waals surface area contributed by atoms with Gasteiger partial charge in [-0.1, -0.05) is 30.9 Å².